The summed E-state index contributed by atoms with van der Waals surface area (Å²) in [6, 6.07) is 13.2. The molecule has 0 fully saturated rings. The summed E-state index contributed by atoms with van der Waals surface area (Å²) in [5.74, 6) is -0.422. The lowest BCUT2D eigenvalue weighted by molar-refractivity contribution is -0.139. The number of benzene rings is 2. The molecule has 0 saturated carbocycles. The molecule has 0 amide bonds. The van der Waals surface area contributed by atoms with Crippen LogP contribution in [-0.2, 0) is 11.3 Å². The van der Waals surface area contributed by atoms with Gasteiger partial charge in [-0.1, -0.05) is 29.8 Å². The molecule has 0 aliphatic heterocycles. The van der Waals surface area contributed by atoms with E-state index in [1.54, 1.807) is 12.1 Å². The first-order valence-corrected chi connectivity index (χ1v) is 7.81. The highest BCUT2D eigenvalue weighted by Gasteiger charge is 2.14. The fourth-order valence-electron chi connectivity index (χ4n) is 2.03. The lowest BCUT2D eigenvalue weighted by Gasteiger charge is -2.15. The van der Waals surface area contributed by atoms with E-state index in [0.29, 0.717) is 23.9 Å². The van der Waals surface area contributed by atoms with Gasteiger partial charge in [-0.25, -0.2) is 10.2 Å². The van der Waals surface area contributed by atoms with Crippen molar-refractivity contribution in [3.63, 3.8) is 0 Å². The van der Waals surface area contributed by atoms with Crippen molar-refractivity contribution in [1.82, 2.24) is 5.43 Å². The van der Waals surface area contributed by atoms with E-state index in [1.165, 1.54) is 0 Å². The van der Waals surface area contributed by atoms with Gasteiger partial charge in [0, 0.05) is 12.2 Å². The minimum Gasteiger partial charge on any atom is -0.490 e. The van der Waals surface area contributed by atoms with Crippen molar-refractivity contribution in [2.45, 2.75) is 13.5 Å². The predicted molar refractivity (Wildman–Crippen MR) is 92.7 cm³/mol. The Bertz CT molecular complexity index is 680. The minimum atomic E-state index is -1.08. The maximum Gasteiger partial charge on any atom is 0.341 e. The van der Waals surface area contributed by atoms with Crippen molar-refractivity contribution >= 4 is 23.3 Å². The molecule has 7 heteroatoms. The molecule has 24 heavy (non-hydrogen) atoms. The first-order valence-electron chi connectivity index (χ1n) is 7.44. The van der Waals surface area contributed by atoms with Crippen molar-refractivity contribution in [2.75, 3.05) is 18.6 Å². The Labute approximate surface area is 145 Å². The van der Waals surface area contributed by atoms with Crippen LogP contribution in [0.15, 0.2) is 42.5 Å². The van der Waals surface area contributed by atoms with E-state index in [2.05, 4.69) is 10.9 Å². The zero-order chi connectivity index (χ0) is 17.4. The lowest BCUT2D eigenvalue weighted by Crippen LogP contribution is -2.20. The van der Waals surface area contributed by atoms with Crippen LogP contribution in [0, 0.1) is 0 Å². The van der Waals surface area contributed by atoms with Crippen molar-refractivity contribution < 1.29 is 19.4 Å². The number of carboxylic acid groups (broad SMARTS) is 1. The molecule has 2 rings (SSSR count). The SMILES string of the molecule is CCOc1cc(CNNc2ccccc2)cc(Cl)c1OCC(=O)O. The number of ether oxygens (including phenoxy) is 2. The van der Waals surface area contributed by atoms with Crippen molar-refractivity contribution in [3.8, 4) is 11.5 Å². The molecule has 0 spiro atoms. The first-order chi connectivity index (χ1) is 11.6. The molecule has 128 valence electrons. The summed E-state index contributed by atoms with van der Waals surface area (Å²) in [4.78, 5) is 10.7. The van der Waals surface area contributed by atoms with Crippen LogP contribution in [0.1, 0.15) is 12.5 Å². The standard InChI is InChI=1S/C17H19ClN2O4/c1-2-23-15-9-12(8-14(18)17(15)24-11-16(21)22)10-19-20-13-6-4-3-5-7-13/h3-9,19-20H,2,10-11H2,1H3,(H,21,22). The van der Waals surface area contributed by atoms with Crippen molar-refractivity contribution in [1.29, 1.82) is 0 Å². The molecule has 0 aromatic heterocycles. The molecule has 2 aromatic carbocycles. The summed E-state index contributed by atoms with van der Waals surface area (Å²) >= 11 is 6.20. The summed E-state index contributed by atoms with van der Waals surface area (Å²) in [5, 5.41) is 9.04. The normalized spacial score (nSPS) is 10.2. The quantitative estimate of drug-likeness (QED) is 0.602. The van der Waals surface area contributed by atoms with Gasteiger partial charge in [-0.15, -0.1) is 0 Å². The second kappa shape index (κ2) is 9.00. The zero-order valence-corrected chi connectivity index (χ0v) is 14.0. The largest absolute Gasteiger partial charge is 0.490 e. The van der Waals surface area contributed by atoms with E-state index in [4.69, 9.17) is 26.2 Å². The number of halogens is 1. The Hall–Kier alpha value is -2.44. The molecule has 0 heterocycles. The molecule has 2 aromatic rings. The van der Waals surface area contributed by atoms with Crippen LogP contribution in [-0.4, -0.2) is 24.3 Å². The average Bonchev–Trinajstić information content (AvgIpc) is 2.55. The Balaban J connectivity index is 2.05. The van der Waals surface area contributed by atoms with Gasteiger partial charge in [-0.3, -0.25) is 0 Å². The third-order valence-corrected chi connectivity index (χ3v) is 3.29. The summed E-state index contributed by atoms with van der Waals surface area (Å²) < 4.78 is 10.7. The number of aliphatic carboxylic acids is 1. The van der Waals surface area contributed by atoms with E-state index in [-0.39, 0.29) is 5.75 Å². The van der Waals surface area contributed by atoms with Crippen LogP contribution >= 0.6 is 11.6 Å². The van der Waals surface area contributed by atoms with E-state index in [1.807, 2.05) is 37.3 Å². The molecule has 0 aliphatic rings. The smallest absolute Gasteiger partial charge is 0.341 e. The molecule has 0 unspecified atom stereocenters. The van der Waals surface area contributed by atoms with Crippen molar-refractivity contribution in [2.24, 2.45) is 0 Å². The van der Waals surface area contributed by atoms with Gasteiger partial charge in [0.15, 0.2) is 18.1 Å². The number of nitrogens with one attached hydrogen (secondary N) is 2. The Morgan fingerprint density at radius 2 is 1.96 bits per heavy atom. The fourth-order valence-corrected chi connectivity index (χ4v) is 2.32. The van der Waals surface area contributed by atoms with Crippen LogP contribution in [0.2, 0.25) is 5.02 Å². The van der Waals surface area contributed by atoms with Crippen LogP contribution in [0.3, 0.4) is 0 Å². The number of hydrogen-bond acceptors (Lipinski definition) is 5. The maximum absolute atomic E-state index is 10.7. The number of hydrogen-bond donors (Lipinski definition) is 3. The van der Waals surface area contributed by atoms with Gasteiger partial charge in [-0.2, -0.15) is 0 Å². The summed E-state index contributed by atoms with van der Waals surface area (Å²) in [6.45, 7) is 2.26. The number of carbonyl (C=O) groups is 1. The van der Waals surface area contributed by atoms with Gasteiger partial charge in [-0.05, 0) is 36.8 Å². The number of rotatable bonds is 9. The molecule has 0 saturated heterocycles. The van der Waals surface area contributed by atoms with Crippen LogP contribution < -0.4 is 20.3 Å². The minimum absolute atomic E-state index is 0.237. The molecule has 0 aliphatic carbocycles. The molecule has 0 atom stereocenters. The van der Waals surface area contributed by atoms with Gasteiger partial charge in [0.2, 0.25) is 0 Å². The van der Waals surface area contributed by atoms with Crippen LogP contribution in [0.25, 0.3) is 0 Å². The van der Waals surface area contributed by atoms with Gasteiger partial charge < -0.3 is 20.0 Å². The second-order valence-electron chi connectivity index (χ2n) is 4.86. The number of anilines is 1. The summed E-state index contributed by atoms with van der Waals surface area (Å²) in [7, 11) is 0. The average molecular weight is 351 g/mol. The molecule has 3 N–H and O–H groups in total. The molecule has 0 radical (unpaired) electrons. The molecular weight excluding hydrogens is 332 g/mol. The van der Waals surface area contributed by atoms with Gasteiger partial charge in [0.05, 0.1) is 11.6 Å². The van der Waals surface area contributed by atoms with E-state index < -0.39 is 12.6 Å². The lowest BCUT2D eigenvalue weighted by atomic mass is 10.2. The Morgan fingerprint density at radius 3 is 2.62 bits per heavy atom. The third kappa shape index (κ3) is 5.33. The molecule has 0 bridgehead atoms. The van der Waals surface area contributed by atoms with Gasteiger partial charge in [0.1, 0.15) is 0 Å². The number of carboxylic acids is 1. The molecule has 6 nitrogen and oxygen atoms in total. The van der Waals surface area contributed by atoms with E-state index >= 15 is 0 Å². The highest BCUT2D eigenvalue weighted by atomic mass is 35.5. The highest BCUT2D eigenvalue weighted by Crippen LogP contribution is 2.36. The second-order valence-corrected chi connectivity index (χ2v) is 5.27. The van der Waals surface area contributed by atoms with Gasteiger partial charge in [0.25, 0.3) is 0 Å². The van der Waals surface area contributed by atoms with Crippen molar-refractivity contribution in [3.05, 3.63) is 53.1 Å². The Kier molecular flexibility index (Phi) is 6.72. The number of hydrazine groups is 1. The topological polar surface area (TPSA) is 79.8 Å². The first kappa shape index (κ1) is 17.9. The fraction of sp³-hybridized carbons (Fsp3) is 0.235. The van der Waals surface area contributed by atoms with Gasteiger partial charge >= 0.3 is 5.97 Å². The summed E-state index contributed by atoms with van der Waals surface area (Å²) in [6.07, 6.45) is 0. The Morgan fingerprint density at radius 1 is 1.21 bits per heavy atom. The zero-order valence-electron chi connectivity index (χ0n) is 13.2. The highest BCUT2D eigenvalue weighted by molar-refractivity contribution is 6.32. The monoisotopic (exact) mass is 350 g/mol. The maximum atomic E-state index is 10.7. The van der Waals surface area contributed by atoms with E-state index in [9.17, 15) is 4.79 Å². The third-order valence-electron chi connectivity index (χ3n) is 3.01. The van der Waals surface area contributed by atoms with Crippen LogP contribution in [0.5, 0.6) is 11.5 Å². The van der Waals surface area contributed by atoms with Crippen LogP contribution in [0.4, 0.5) is 5.69 Å². The number of para-hydroxylation sites is 1. The summed E-state index contributed by atoms with van der Waals surface area (Å²) in [5.41, 5.74) is 7.97. The van der Waals surface area contributed by atoms with E-state index in [0.717, 1.165) is 11.3 Å². The predicted octanol–water partition coefficient (Wildman–Crippen LogP) is 3.32. The molecular formula is C17H19ClN2O4.